The van der Waals surface area contributed by atoms with Crippen LogP contribution in [0.25, 0.3) is 11.4 Å². The van der Waals surface area contributed by atoms with Gasteiger partial charge in [-0.2, -0.15) is 4.98 Å². The van der Waals surface area contributed by atoms with Gasteiger partial charge in [0.1, 0.15) is 0 Å². The highest BCUT2D eigenvalue weighted by Crippen LogP contribution is 2.28. The Morgan fingerprint density at radius 2 is 2.11 bits per heavy atom. The van der Waals surface area contributed by atoms with Crippen LogP contribution in [0, 0.1) is 0 Å². The third kappa shape index (κ3) is 2.62. The Bertz CT molecular complexity index is 524. The van der Waals surface area contributed by atoms with Crippen LogP contribution in [0.2, 0.25) is 0 Å². The lowest BCUT2D eigenvalue weighted by Crippen LogP contribution is -2.24. The fraction of sp³-hybridized carbons (Fsp3) is 0.385. The van der Waals surface area contributed by atoms with E-state index in [1.807, 2.05) is 31.2 Å². The molecule has 0 aliphatic rings. The summed E-state index contributed by atoms with van der Waals surface area (Å²) in [7, 11) is 0. The summed E-state index contributed by atoms with van der Waals surface area (Å²) in [6.45, 7) is 4.02. The van der Waals surface area contributed by atoms with E-state index in [1.54, 1.807) is 0 Å². The van der Waals surface area contributed by atoms with Crippen LogP contribution >= 0.6 is 15.9 Å². The second-order valence-electron chi connectivity index (χ2n) is 4.31. The number of nitrogens with zero attached hydrogens (tertiary/aromatic N) is 2. The maximum atomic E-state index is 5.92. The number of benzene rings is 1. The minimum atomic E-state index is 0.00233. The Labute approximate surface area is 115 Å². The molecule has 0 radical (unpaired) electrons. The zero-order valence-electron chi connectivity index (χ0n) is 10.4. The van der Waals surface area contributed by atoms with E-state index in [0.29, 0.717) is 11.7 Å². The lowest BCUT2D eigenvalue weighted by Gasteiger charge is -2.13. The highest BCUT2D eigenvalue weighted by molar-refractivity contribution is 9.10. The van der Waals surface area contributed by atoms with Gasteiger partial charge in [0, 0.05) is 16.1 Å². The largest absolute Gasteiger partial charge is 0.339 e. The molecule has 0 amide bonds. The Hall–Kier alpha value is -1.20. The first-order valence-corrected chi connectivity index (χ1v) is 6.76. The molecule has 2 aromatic rings. The number of rotatable bonds is 4. The summed E-state index contributed by atoms with van der Waals surface area (Å²) >= 11 is 3.48. The average molecular weight is 310 g/mol. The molecule has 0 fully saturated rings. The van der Waals surface area contributed by atoms with Crippen molar-refractivity contribution in [2.75, 3.05) is 0 Å². The van der Waals surface area contributed by atoms with Crippen molar-refractivity contribution in [2.45, 2.75) is 32.2 Å². The second-order valence-corrected chi connectivity index (χ2v) is 5.16. The maximum absolute atomic E-state index is 5.92. The zero-order chi connectivity index (χ0) is 13.1. The van der Waals surface area contributed by atoms with Crippen LogP contribution < -0.4 is 5.73 Å². The van der Waals surface area contributed by atoms with Gasteiger partial charge in [0.25, 0.3) is 0 Å². The Morgan fingerprint density at radius 3 is 2.72 bits per heavy atom. The van der Waals surface area contributed by atoms with Crippen molar-refractivity contribution in [3.8, 4) is 11.4 Å². The van der Waals surface area contributed by atoms with Crippen molar-refractivity contribution >= 4 is 15.9 Å². The molecule has 0 bridgehead atoms. The van der Waals surface area contributed by atoms with Gasteiger partial charge in [-0.25, -0.2) is 0 Å². The van der Waals surface area contributed by atoms with Gasteiger partial charge in [0.2, 0.25) is 11.7 Å². The summed E-state index contributed by atoms with van der Waals surface area (Å²) < 4.78 is 6.28. The summed E-state index contributed by atoms with van der Waals surface area (Å²) in [6, 6.07) is 7.80. The molecule has 1 heterocycles. The highest BCUT2D eigenvalue weighted by atomic mass is 79.9. The Balaban J connectivity index is 2.34. The minimum Gasteiger partial charge on any atom is -0.339 e. The molecule has 2 N–H and O–H groups in total. The van der Waals surface area contributed by atoms with Crippen molar-refractivity contribution in [3.63, 3.8) is 0 Å². The quantitative estimate of drug-likeness (QED) is 0.940. The normalized spacial score (nSPS) is 14.4. The lowest BCUT2D eigenvalue weighted by atomic mass is 9.99. The van der Waals surface area contributed by atoms with Crippen LogP contribution in [0.1, 0.15) is 32.1 Å². The summed E-state index contributed by atoms with van der Waals surface area (Å²) in [4.78, 5) is 4.45. The van der Waals surface area contributed by atoms with Crippen molar-refractivity contribution in [3.05, 3.63) is 34.6 Å². The number of nitrogens with two attached hydrogens (primary N) is 1. The van der Waals surface area contributed by atoms with Gasteiger partial charge in [-0.05, 0) is 25.5 Å². The molecule has 18 heavy (non-hydrogen) atoms. The molecule has 1 aromatic heterocycles. The van der Waals surface area contributed by atoms with Gasteiger partial charge in [-0.3, -0.25) is 0 Å². The van der Waals surface area contributed by atoms with Gasteiger partial charge >= 0.3 is 0 Å². The first-order chi connectivity index (χ1) is 8.63. The molecule has 0 spiro atoms. The van der Waals surface area contributed by atoms with Gasteiger partial charge in [-0.1, -0.05) is 40.1 Å². The molecule has 0 aliphatic heterocycles. The average Bonchev–Trinajstić information content (AvgIpc) is 2.79. The molecular formula is C13H16BrN3O. The van der Waals surface area contributed by atoms with Crippen LogP contribution in [0.4, 0.5) is 0 Å². The van der Waals surface area contributed by atoms with Gasteiger partial charge in [-0.15, -0.1) is 0 Å². The number of aromatic nitrogens is 2. The third-order valence-corrected chi connectivity index (χ3v) is 3.64. The standard InChI is InChI=1S/C13H16BrN3O/c1-3-9(8(2)15)13-16-12(17-18-13)10-6-4-5-7-11(10)14/h4-9H,3,15H2,1-2H3. The van der Waals surface area contributed by atoms with Crippen molar-refractivity contribution in [1.29, 1.82) is 0 Å². The molecule has 2 rings (SSSR count). The van der Waals surface area contributed by atoms with Gasteiger partial charge < -0.3 is 10.3 Å². The topological polar surface area (TPSA) is 64.9 Å². The molecule has 5 heteroatoms. The van der Waals surface area contributed by atoms with Crippen molar-refractivity contribution < 1.29 is 4.52 Å². The van der Waals surface area contributed by atoms with E-state index >= 15 is 0 Å². The van der Waals surface area contributed by atoms with E-state index in [1.165, 1.54) is 0 Å². The Morgan fingerprint density at radius 1 is 1.39 bits per heavy atom. The van der Waals surface area contributed by atoms with Crippen molar-refractivity contribution in [1.82, 2.24) is 10.1 Å². The molecule has 0 aliphatic carbocycles. The SMILES string of the molecule is CCC(c1nc(-c2ccccc2Br)no1)C(C)N. The van der Waals surface area contributed by atoms with E-state index in [4.69, 9.17) is 10.3 Å². The molecule has 2 unspecified atom stereocenters. The predicted octanol–water partition coefficient (Wildman–Crippen LogP) is 3.34. The van der Waals surface area contributed by atoms with E-state index < -0.39 is 0 Å². The molecule has 0 saturated heterocycles. The minimum absolute atomic E-state index is 0.00233. The summed E-state index contributed by atoms with van der Waals surface area (Å²) in [5, 5.41) is 4.03. The molecule has 2 atom stereocenters. The smallest absolute Gasteiger partial charge is 0.231 e. The summed E-state index contributed by atoms with van der Waals surface area (Å²) in [5.41, 5.74) is 6.84. The molecule has 1 aromatic carbocycles. The fourth-order valence-electron chi connectivity index (χ4n) is 1.91. The van der Waals surface area contributed by atoms with Crippen LogP contribution in [0.5, 0.6) is 0 Å². The second kappa shape index (κ2) is 5.63. The molecule has 0 saturated carbocycles. The number of halogens is 1. The highest BCUT2D eigenvalue weighted by Gasteiger charge is 2.21. The van der Waals surface area contributed by atoms with E-state index in [-0.39, 0.29) is 12.0 Å². The monoisotopic (exact) mass is 309 g/mol. The van der Waals surface area contributed by atoms with E-state index in [9.17, 15) is 0 Å². The van der Waals surface area contributed by atoms with Gasteiger partial charge in [0.05, 0.1) is 5.92 Å². The summed E-state index contributed by atoms with van der Waals surface area (Å²) in [5.74, 6) is 1.31. The first-order valence-electron chi connectivity index (χ1n) is 5.97. The van der Waals surface area contributed by atoms with Gasteiger partial charge in [0.15, 0.2) is 0 Å². The van der Waals surface area contributed by atoms with Crippen LogP contribution in [-0.2, 0) is 0 Å². The van der Waals surface area contributed by atoms with E-state index in [0.717, 1.165) is 16.5 Å². The van der Waals surface area contributed by atoms with E-state index in [2.05, 4.69) is 33.0 Å². The molecule has 4 nitrogen and oxygen atoms in total. The molecule has 96 valence electrons. The maximum Gasteiger partial charge on any atom is 0.231 e. The molecular weight excluding hydrogens is 294 g/mol. The van der Waals surface area contributed by atoms with Crippen LogP contribution in [0.15, 0.2) is 33.3 Å². The number of hydrogen-bond donors (Lipinski definition) is 1. The van der Waals surface area contributed by atoms with Crippen LogP contribution in [0.3, 0.4) is 0 Å². The number of hydrogen-bond acceptors (Lipinski definition) is 4. The van der Waals surface area contributed by atoms with Crippen molar-refractivity contribution in [2.24, 2.45) is 5.73 Å². The first kappa shape index (κ1) is 13.2. The van der Waals surface area contributed by atoms with Crippen LogP contribution in [-0.4, -0.2) is 16.2 Å². The zero-order valence-corrected chi connectivity index (χ0v) is 12.0. The lowest BCUT2D eigenvalue weighted by molar-refractivity contribution is 0.334. The fourth-order valence-corrected chi connectivity index (χ4v) is 2.37. The Kier molecular flexibility index (Phi) is 4.14. The summed E-state index contributed by atoms with van der Waals surface area (Å²) in [6.07, 6.45) is 0.884. The third-order valence-electron chi connectivity index (χ3n) is 2.95. The predicted molar refractivity (Wildman–Crippen MR) is 74.1 cm³/mol.